The topological polar surface area (TPSA) is 69.0 Å². The molecule has 1 aromatic heterocycles. The average Bonchev–Trinajstić information content (AvgIpc) is 2.98. The number of piperazine rings is 1. The number of alkyl halides is 3. The van der Waals surface area contributed by atoms with Gasteiger partial charge in [-0.3, -0.25) is 19.4 Å². The molecule has 1 fully saturated rings. The van der Waals surface area contributed by atoms with Crippen molar-refractivity contribution >= 4 is 17.6 Å². The lowest BCUT2D eigenvalue weighted by Gasteiger charge is -2.35. The summed E-state index contributed by atoms with van der Waals surface area (Å²) in [7, 11) is 3.20. The van der Waals surface area contributed by atoms with E-state index in [1.54, 1.807) is 29.0 Å². The van der Waals surface area contributed by atoms with Crippen molar-refractivity contribution in [3.8, 4) is 0 Å². The number of nitrogens with zero attached hydrogens (tertiary/aromatic N) is 6. The number of rotatable bonds is 6. The molecule has 1 aromatic rings. The molecule has 1 amide bonds. The molecule has 0 atom stereocenters. The third-order valence-corrected chi connectivity index (χ3v) is 4.05. The number of anilines is 1. The van der Waals surface area contributed by atoms with Crippen molar-refractivity contribution in [1.29, 1.82) is 0 Å². The van der Waals surface area contributed by atoms with Gasteiger partial charge in [-0.05, 0) is 14.0 Å². The predicted octanol–water partition coefficient (Wildman–Crippen LogP) is 0.528. The summed E-state index contributed by atoms with van der Waals surface area (Å²) in [5.74, 6) is 0.464. The summed E-state index contributed by atoms with van der Waals surface area (Å²) in [6, 6.07) is 0. The third-order valence-electron chi connectivity index (χ3n) is 4.05. The Balaban J connectivity index is 1.93. The summed E-state index contributed by atoms with van der Waals surface area (Å²) in [4.78, 5) is 21.5. The quantitative estimate of drug-likeness (QED) is 0.568. The zero-order valence-corrected chi connectivity index (χ0v) is 15.8. The Morgan fingerprint density at radius 3 is 2.70 bits per heavy atom. The molecule has 0 aromatic carbocycles. The Morgan fingerprint density at radius 2 is 2.15 bits per heavy atom. The molecule has 1 aliphatic heterocycles. The van der Waals surface area contributed by atoms with E-state index in [9.17, 15) is 18.0 Å². The number of likely N-dealkylation sites (N-methyl/N-ethyl adjacent to an activating group) is 1. The van der Waals surface area contributed by atoms with Crippen LogP contribution >= 0.6 is 0 Å². The van der Waals surface area contributed by atoms with Gasteiger partial charge in [0.05, 0.1) is 25.0 Å². The molecule has 152 valence electrons. The van der Waals surface area contributed by atoms with Crippen LogP contribution in [0, 0.1) is 0 Å². The number of hydrogen-bond acceptors (Lipinski definition) is 4. The van der Waals surface area contributed by atoms with Gasteiger partial charge in [0.25, 0.3) is 0 Å². The van der Waals surface area contributed by atoms with E-state index in [-0.39, 0.29) is 25.5 Å². The normalized spacial score (nSPS) is 16.4. The Bertz CT molecular complexity index is 659. The Labute approximate surface area is 156 Å². The number of aromatic nitrogens is 2. The standard InChI is InChI=1S/C16H26F3N7O/c1-4-20-15(21-5-6-23(2)12-16(17,18)19)25-7-8-26(14(27)11-25)13-9-22-24(3)10-13/h9-10H,4-8,11-12H2,1-3H3,(H,20,21). The highest BCUT2D eigenvalue weighted by Crippen LogP contribution is 2.16. The molecule has 2 rings (SSSR count). The number of carbonyl (C=O) groups excluding carboxylic acids is 1. The Morgan fingerprint density at radius 1 is 1.41 bits per heavy atom. The van der Waals surface area contributed by atoms with E-state index >= 15 is 0 Å². The fourth-order valence-corrected chi connectivity index (χ4v) is 2.81. The van der Waals surface area contributed by atoms with Gasteiger partial charge in [-0.25, -0.2) is 0 Å². The molecule has 1 aliphatic rings. The largest absolute Gasteiger partial charge is 0.401 e. The molecule has 11 heteroatoms. The summed E-state index contributed by atoms with van der Waals surface area (Å²) >= 11 is 0. The van der Waals surface area contributed by atoms with Gasteiger partial charge in [0, 0.05) is 39.4 Å². The van der Waals surface area contributed by atoms with Crippen LogP contribution in [-0.4, -0.2) is 90.5 Å². The summed E-state index contributed by atoms with van der Waals surface area (Å²) in [6.45, 7) is 3.14. The van der Waals surface area contributed by atoms with E-state index < -0.39 is 12.7 Å². The number of hydrogen-bond donors (Lipinski definition) is 1. The molecule has 0 spiro atoms. The minimum absolute atomic E-state index is 0.0750. The molecule has 0 unspecified atom stereocenters. The number of guanidine groups is 1. The smallest absolute Gasteiger partial charge is 0.357 e. The average molecular weight is 389 g/mol. The zero-order valence-electron chi connectivity index (χ0n) is 15.8. The number of carbonyl (C=O) groups is 1. The molecule has 8 nitrogen and oxygen atoms in total. The highest BCUT2D eigenvalue weighted by Gasteiger charge is 2.29. The fourth-order valence-electron chi connectivity index (χ4n) is 2.81. The lowest BCUT2D eigenvalue weighted by Crippen LogP contribution is -2.55. The monoisotopic (exact) mass is 389 g/mol. The minimum atomic E-state index is -4.22. The van der Waals surface area contributed by atoms with E-state index in [1.807, 2.05) is 11.8 Å². The molecule has 1 N–H and O–H groups in total. The van der Waals surface area contributed by atoms with Gasteiger partial charge >= 0.3 is 6.18 Å². The van der Waals surface area contributed by atoms with E-state index in [2.05, 4.69) is 15.4 Å². The van der Waals surface area contributed by atoms with Crippen molar-refractivity contribution < 1.29 is 18.0 Å². The SMILES string of the molecule is CCNC(=NCCN(C)CC(F)(F)F)N1CCN(c2cnn(C)c2)C(=O)C1. The van der Waals surface area contributed by atoms with E-state index in [0.29, 0.717) is 25.6 Å². The Hall–Kier alpha value is -2.30. The van der Waals surface area contributed by atoms with Crippen LogP contribution in [0.3, 0.4) is 0 Å². The zero-order chi connectivity index (χ0) is 20.0. The first-order valence-electron chi connectivity index (χ1n) is 8.77. The predicted molar refractivity (Wildman–Crippen MR) is 96.7 cm³/mol. The maximum atomic E-state index is 12.5. The highest BCUT2D eigenvalue weighted by atomic mass is 19.4. The molecule has 0 aliphatic carbocycles. The molecule has 0 bridgehead atoms. The molecule has 0 saturated carbocycles. The van der Waals surface area contributed by atoms with Crippen LogP contribution in [0.15, 0.2) is 17.4 Å². The van der Waals surface area contributed by atoms with E-state index in [0.717, 1.165) is 5.69 Å². The Kier molecular flexibility index (Phi) is 7.05. The summed E-state index contributed by atoms with van der Waals surface area (Å²) < 4.78 is 38.8. The number of aliphatic imine (C=N–C) groups is 1. The van der Waals surface area contributed by atoms with Gasteiger partial charge < -0.3 is 15.1 Å². The number of amides is 1. The second-order valence-corrected chi connectivity index (χ2v) is 6.43. The second-order valence-electron chi connectivity index (χ2n) is 6.43. The van der Waals surface area contributed by atoms with Crippen molar-refractivity contribution in [2.75, 3.05) is 57.8 Å². The lowest BCUT2D eigenvalue weighted by atomic mass is 10.3. The maximum absolute atomic E-state index is 12.5. The van der Waals surface area contributed by atoms with Crippen LogP contribution in [0.2, 0.25) is 0 Å². The number of aryl methyl sites for hydroxylation is 1. The van der Waals surface area contributed by atoms with Gasteiger partial charge in [0.1, 0.15) is 6.54 Å². The number of nitrogens with one attached hydrogen (secondary N) is 1. The summed E-state index contributed by atoms with van der Waals surface area (Å²) in [5.41, 5.74) is 0.748. The van der Waals surface area contributed by atoms with Gasteiger partial charge in [-0.1, -0.05) is 0 Å². The number of halogens is 3. The van der Waals surface area contributed by atoms with Crippen molar-refractivity contribution in [1.82, 2.24) is 24.9 Å². The van der Waals surface area contributed by atoms with Gasteiger partial charge in [0.2, 0.25) is 5.91 Å². The summed E-state index contributed by atoms with van der Waals surface area (Å²) in [5, 5.41) is 7.18. The van der Waals surface area contributed by atoms with E-state index in [1.165, 1.54) is 11.9 Å². The van der Waals surface area contributed by atoms with Gasteiger partial charge in [-0.15, -0.1) is 0 Å². The first-order chi connectivity index (χ1) is 12.7. The highest BCUT2D eigenvalue weighted by molar-refractivity contribution is 5.98. The van der Waals surface area contributed by atoms with Crippen molar-refractivity contribution in [3.63, 3.8) is 0 Å². The maximum Gasteiger partial charge on any atom is 0.401 e. The molecule has 2 heterocycles. The fraction of sp³-hybridized carbons (Fsp3) is 0.688. The van der Waals surface area contributed by atoms with Crippen LogP contribution < -0.4 is 10.2 Å². The molecular formula is C16H26F3N7O. The van der Waals surface area contributed by atoms with Crippen LogP contribution in [0.25, 0.3) is 0 Å². The van der Waals surface area contributed by atoms with Crippen LogP contribution in [0.1, 0.15) is 6.92 Å². The molecule has 0 radical (unpaired) electrons. The first kappa shape index (κ1) is 21.0. The minimum Gasteiger partial charge on any atom is -0.357 e. The van der Waals surface area contributed by atoms with Crippen molar-refractivity contribution in [2.24, 2.45) is 12.0 Å². The van der Waals surface area contributed by atoms with Gasteiger partial charge in [0.15, 0.2) is 5.96 Å². The van der Waals surface area contributed by atoms with Crippen LogP contribution in [0.5, 0.6) is 0 Å². The first-order valence-corrected chi connectivity index (χ1v) is 8.77. The molecule has 27 heavy (non-hydrogen) atoms. The van der Waals surface area contributed by atoms with Crippen molar-refractivity contribution in [3.05, 3.63) is 12.4 Å². The van der Waals surface area contributed by atoms with Crippen LogP contribution in [0.4, 0.5) is 18.9 Å². The molecular weight excluding hydrogens is 363 g/mol. The van der Waals surface area contributed by atoms with E-state index in [4.69, 9.17) is 0 Å². The lowest BCUT2D eigenvalue weighted by molar-refractivity contribution is -0.142. The van der Waals surface area contributed by atoms with Crippen molar-refractivity contribution in [2.45, 2.75) is 13.1 Å². The second kappa shape index (κ2) is 9.07. The summed E-state index contributed by atoms with van der Waals surface area (Å²) in [6.07, 6.45) is -0.801. The third kappa shape index (κ3) is 6.42. The van der Waals surface area contributed by atoms with Crippen LogP contribution in [-0.2, 0) is 11.8 Å². The molecule has 1 saturated heterocycles. The van der Waals surface area contributed by atoms with Gasteiger partial charge in [-0.2, -0.15) is 18.3 Å².